The summed E-state index contributed by atoms with van der Waals surface area (Å²) < 4.78 is 4.60. The van der Waals surface area contributed by atoms with Crippen molar-refractivity contribution in [2.45, 2.75) is 18.5 Å². The summed E-state index contributed by atoms with van der Waals surface area (Å²) in [7, 11) is 3.98. The van der Waals surface area contributed by atoms with Gasteiger partial charge in [-0.1, -0.05) is 6.07 Å². The van der Waals surface area contributed by atoms with Gasteiger partial charge in [0.15, 0.2) is 5.65 Å². The molecule has 1 fully saturated rings. The molecule has 9 heteroatoms. The highest BCUT2D eigenvalue weighted by molar-refractivity contribution is 5.76. The molecule has 0 spiro atoms. The molecule has 4 heterocycles. The fourth-order valence-electron chi connectivity index (χ4n) is 3.63. The highest BCUT2D eigenvalue weighted by atomic mass is 16.2. The average Bonchev–Trinajstić information content (AvgIpc) is 3.27. The molecule has 1 amide bonds. The molecule has 0 saturated carbocycles. The lowest BCUT2D eigenvalue weighted by Crippen LogP contribution is -2.42. The van der Waals surface area contributed by atoms with Crippen LogP contribution in [0.2, 0.25) is 0 Å². The van der Waals surface area contributed by atoms with Gasteiger partial charge in [-0.2, -0.15) is 0 Å². The van der Waals surface area contributed by atoms with Crippen LogP contribution in [0, 0.1) is 0 Å². The average molecular weight is 355 g/mol. The summed E-state index contributed by atoms with van der Waals surface area (Å²) in [5, 5.41) is 7.27. The summed E-state index contributed by atoms with van der Waals surface area (Å²) in [4.78, 5) is 31.2. The van der Waals surface area contributed by atoms with Crippen LogP contribution >= 0.6 is 0 Å². The molecule has 1 aliphatic rings. The molecule has 2 atom stereocenters. The lowest BCUT2D eigenvalue weighted by Gasteiger charge is -2.20. The number of likely N-dealkylation sites (N-methyl/N-ethyl adjacent to an activating group) is 1. The maximum Gasteiger partial charge on any atom is 0.350 e. The van der Waals surface area contributed by atoms with Crippen LogP contribution in [0.1, 0.15) is 11.6 Å². The van der Waals surface area contributed by atoms with Crippen molar-refractivity contribution in [3.05, 3.63) is 53.1 Å². The third-order valence-electron chi connectivity index (χ3n) is 4.86. The van der Waals surface area contributed by atoms with Crippen LogP contribution in [0.4, 0.5) is 0 Å². The van der Waals surface area contributed by atoms with Crippen molar-refractivity contribution in [2.75, 3.05) is 20.1 Å². The fourth-order valence-corrected chi connectivity index (χ4v) is 3.63. The van der Waals surface area contributed by atoms with Gasteiger partial charge in [-0.3, -0.25) is 9.20 Å². The van der Waals surface area contributed by atoms with Crippen molar-refractivity contribution >= 4 is 11.6 Å². The number of carbonyl (C=O) groups is 1. The minimum Gasteiger partial charge on any atom is -0.350 e. The SMILES string of the molecule is CN1C[C@@H](NC(=O)Cn2nc3ccccn3c2=O)[C@H](c2cncn2C)C1. The van der Waals surface area contributed by atoms with Gasteiger partial charge in [-0.05, 0) is 19.2 Å². The van der Waals surface area contributed by atoms with E-state index < -0.39 is 0 Å². The summed E-state index contributed by atoms with van der Waals surface area (Å²) in [5.74, 6) is -0.0581. The van der Waals surface area contributed by atoms with Gasteiger partial charge in [0.1, 0.15) is 6.54 Å². The molecule has 9 nitrogen and oxygen atoms in total. The summed E-state index contributed by atoms with van der Waals surface area (Å²) in [6.45, 7) is 1.50. The fraction of sp³-hybridized carbons (Fsp3) is 0.412. The zero-order valence-corrected chi connectivity index (χ0v) is 14.7. The molecule has 4 rings (SSSR count). The number of likely N-dealkylation sites (tertiary alicyclic amines) is 1. The van der Waals surface area contributed by atoms with Crippen LogP contribution < -0.4 is 11.0 Å². The van der Waals surface area contributed by atoms with Crippen LogP contribution in [0.5, 0.6) is 0 Å². The van der Waals surface area contributed by atoms with Crippen LogP contribution in [-0.4, -0.2) is 60.7 Å². The first kappa shape index (κ1) is 16.5. The number of nitrogens with one attached hydrogen (secondary N) is 1. The first-order chi connectivity index (χ1) is 12.5. The minimum atomic E-state index is -0.317. The van der Waals surface area contributed by atoms with Gasteiger partial charge in [-0.15, -0.1) is 5.10 Å². The van der Waals surface area contributed by atoms with E-state index in [-0.39, 0.29) is 30.1 Å². The summed E-state index contributed by atoms with van der Waals surface area (Å²) in [6.07, 6.45) is 5.25. The van der Waals surface area contributed by atoms with Gasteiger partial charge in [-0.25, -0.2) is 14.5 Å². The highest BCUT2D eigenvalue weighted by Gasteiger charge is 2.34. The predicted molar refractivity (Wildman–Crippen MR) is 94.8 cm³/mol. The summed E-state index contributed by atoms with van der Waals surface area (Å²) in [6, 6.07) is 5.27. The maximum absolute atomic E-state index is 12.5. The normalized spacial score (nSPS) is 20.7. The molecule has 0 radical (unpaired) electrons. The number of imidazole rings is 1. The first-order valence-corrected chi connectivity index (χ1v) is 8.51. The smallest absolute Gasteiger partial charge is 0.350 e. The molecule has 3 aromatic rings. The molecule has 0 aliphatic carbocycles. The Morgan fingerprint density at radius 3 is 2.88 bits per heavy atom. The number of nitrogens with zero attached hydrogens (tertiary/aromatic N) is 6. The number of amides is 1. The standard InChI is InChI=1S/C17H21N7O2/c1-21-8-12(14-7-18-11-22(14)2)13(9-21)19-16(25)10-24-17(26)23-6-4-3-5-15(23)20-24/h3-7,11-13H,8-10H2,1-2H3,(H,19,25)/t12-,13-/m1/s1. The summed E-state index contributed by atoms with van der Waals surface area (Å²) >= 11 is 0. The summed E-state index contributed by atoms with van der Waals surface area (Å²) in [5.41, 5.74) is 1.30. The Labute approximate surface area is 149 Å². The molecule has 0 bridgehead atoms. The second-order valence-electron chi connectivity index (χ2n) is 6.80. The maximum atomic E-state index is 12.5. The Kier molecular flexibility index (Phi) is 4.08. The van der Waals surface area contributed by atoms with E-state index in [4.69, 9.17) is 0 Å². The zero-order valence-electron chi connectivity index (χ0n) is 14.7. The van der Waals surface area contributed by atoms with Crippen molar-refractivity contribution in [3.63, 3.8) is 0 Å². The predicted octanol–water partition coefficient (Wildman–Crippen LogP) is -0.556. The van der Waals surface area contributed by atoms with Gasteiger partial charge >= 0.3 is 5.69 Å². The number of pyridine rings is 1. The third-order valence-corrected chi connectivity index (χ3v) is 4.86. The number of hydrogen-bond donors (Lipinski definition) is 1. The van der Waals surface area contributed by atoms with Crippen LogP contribution in [0.15, 0.2) is 41.7 Å². The lowest BCUT2D eigenvalue weighted by molar-refractivity contribution is -0.122. The second kappa shape index (κ2) is 6.41. The Balaban J connectivity index is 1.51. The minimum absolute atomic E-state index is 0.0318. The molecule has 0 aromatic carbocycles. The molecular formula is C17H21N7O2. The van der Waals surface area contributed by atoms with E-state index in [1.165, 1.54) is 9.08 Å². The van der Waals surface area contributed by atoms with Crippen molar-refractivity contribution in [3.8, 4) is 0 Å². The number of carbonyl (C=O) groups excluding carboxylic acids is 1. The van der Waals surface area contributed by atoms with Crippen molar-refractivity contribution in [1.29, 1.82) is 0 Å². The molecular weight excluding hydrogens is 334 g/mol. The van der Waals surface area contributed by atoms with E-state index in [0.29, 0.717) is 5.65 Å². The lowest BCUT2D eigenvalue weighted by atomic mass is 10.00. The van der Waals surface area contributed by atoms with Gasteiger partial charge < -0.3 is 14.8 Å². The van der Waals surface area contributed by atoms with E-state index in [0.717, 1.165) is 18.8 Å². The molecule has 1 N–H and O–H groups in total. The van der Waals surface area contributed by atoms with Gasteiger partial charge in [0.25, 0.3) is 0 Å². The van der Waals surface area contributed by atoms with Crippen molar-refractivity contribution in [1.82, 2.24) is 33.9 Å². The van der Waals surface area contributed by atoms with Gasteiger partial charge in [0.2, 0.25) is 5.91 Å². The van der Waals surface area contributed by atoms with E-state index in [9.17, 15) is 9.59 Å². The van der Waals surface area contributed by atoms with E-state index in [1.54, 1.807) is 30.7 Å². The molecule has 1 saturated heterocycles. The zero-order chi connectivity index (χ0) is 18.3. The molecule has 26 heavy (non-hydrogen) atoms. The Bertz CT molecular complexity index is 1000. The number of rotatable bonds is 4. The van der Waals surface area contributed by atoms with Crippen LogP contribution in [-0.2, 0) is 18.4 Å². The Hall–Kier alpha value is -2.94. The Morgan fingerprint density at radius 1 is 1.31 bits per heavy atom. The number of hydrogen-bond acceptors (Lipinski definition) is 5. The van der Waals surface area contributed by atoms with Crippen LogP contribution in [0.25, 0.3) is 5.65 Å². The molecule has 3 aromatic heterocycles. The monoisotopic (exact) mass is 355 g/mol. The van der Waals surface area contributed by atoms with Gasteiger partial charge in [0, 0.05) is 44.1 Å². The van der Waals surface area contributed by atoms with E-state index >= 15 is 0 Å². The number of aromatic nitrogens is 5. The van der Waals surface area contributed by atoms with E-state index in [1.807, 2.05) is 24.9 Å². The second-order valence-corrected chi connectivity index (χ2v) is 6.80. The van der Waals surface area contributed by atoms with Crippen molar-refractivity contribution in [2.24, 2.45) is 7.05 Å². The number of aryl methyl sites for hydroxylation is 1. The Morgan fingerprint density at radius 2 is 2.15 bits per heavy atom. The van der Waals surface area contributed by atoms with Crippen molar-refractivity contribution < 1.29 is 4.79 Å². The first-order valence-electron chi connectivity index (χ1n) is 8.51. The van der Waals surface area contributed by atoms with Gasteiger partial charge in [0.05, 0.1) is 12.4 Å². The van der Waals surface area contributed by atoms with E-state index in [2.05, 4.69) is 20.3 Å². The molecule has 0 unspecified atom stereocenters. The number of fused-ring (bicyclic) bond motifs is 1. The molecule has 136 valence electrons. The topological polar surface area (TPSA) is 89.5 Å². The largest absolute Gasteiger partial charge is 0.350 e. The quantitative estimate of drug-likeness (QED) is 0.678. The molecule has 1 aliphatic heterocycles. The third kappa shape index (κ3) is 2.90. The highest BCUT2D eigenvalue weighted by Crippen LogP contribution is 2.26. The van der Waals surface area contributed by atoms with Crippen LogP contribution in [0.3, 0.4) is 0 Å².